The normalized spacial score (nSPS) is 12.2. The molecule has 0 saturated heterocycles. The van der Waals surface area contributed by atoms with Crippen molar-refractivity contribution < 1.29 is 23.1 Å². The molecule has 0 aromatic heterocycles. The van der Waals surface area contributed by atoms with E-state index in [1.807, 2.05) is 0 Å². The third-order valence-electron chi connectivity index (χ3n) is 2.94. The molecule has 2 rings (SSSR count). The van der Waals surface area contributed by atoms with E-state index in [0.29, 0.717) is 11.6 Å². The van der Waals surface area contributed by atoms with Crippen molar-refractivity contribution >= 4 is 5.97 Å². The maximum absolute atomic E-state index is 13.3. The fourth-order valence-corrected chi connectivity index (χ4v) is 2.07. The topological polar surface area (TPSA) is 37.3 Å². The molecule has 0 aliphatic heterocycles. The summed E-state index contributed by atoms with van der Waals surface area (Å²) in [6.07, 6.45) is -0.339. The van der Waals surface area contributed by atoms with Crippen LogP contribution in [0.5, 0.6) is 0 Å². The number of benzene rings is 2. The summed E-state index contributed by atoms with van der Waals surface area (Å²) in [5.41, 5.74) is 0.690. The quantitative estimate of drug-likeness (QED) is 0.927. The molecule has 0 fully saturated rings. The number of carboxylic acid groups (broad SMARTS) is 1. The van der Waals surface area contributed by atoms with Gasteiger partial charge in [0.05, 0.1) is 6.42 Å². The van der Waals surface area contributed by atoms with Gasteiger partial charge in [0.1, 0.15) is 17.5 Å². The number of hydrogen-bond acceptors (Lipinski definition) is 1. The Kier molecular flexibility index (Phi) is 4.08. The van der Waals surface area contributed by atoms with Gasteiger partial charge in [-0.2, -0.15) is 0 Å². The van der Waals surface area contributed by atoms with E-state index in [4.69, 9.17) is 5.11 Å². The summed E-state index contributed by atoms with van der Waals surface area (Å²) in [6.45, 7) is 0. The highest BCUT2D eigenvalue weighted by Crippen LogP contribution is 2.29. The summed E-state index contributed by atoms with van der Waals surface area (Å²) in [4.78, 5) is 10.9. The van der Waals surface area contributed by atoms with Crippen LogP contribution in [0, 0.1) is 17.5 Å². The van der Waals surface area contributed by atoms with Crippen LogP contribution in [0.3, 0.4) is 0 Å². The van der Waals surface area contributed by atoms with Gasteiger partial charge in [-0.3, -0.25) is 4.79 Å². The van der Waals surface area contributed by atoms with Crippen LogP contribution in [0.1, 0.15) is 23.5 Å². The van der Waals surface area contributed by atoms with E-state index in [-0.39, 0.29) is 12.0 Å². The van der Waals surface area contributed by atoms with Crippen molar-refractivity contribution in [2.75, 3.05) is 0 Å². The third-order valence-corrected chi connectivity index (χ3v) is 2.94. The average molecular weight is 280 g/mol. The maximum atomic E-state index is 13.3. The molecule has 0 aliphatic carbocycles. The Hall–Kier alpha value is -2.30. The minimum absolute atomic E-state index is 0.205. The molecule has 0 spiro atoms. The van der Waals surface area contributed by atoms with Crippen LogP contribution in [0.2, 0.25) is 0 Å². The number of halogens is 3. The van der Waals surface area contributed by atoms with Crippen LogP contribution < -0.4 is 0 Å². The molecule has 0 bridgehead atoms. The second-order valence-electron chi connectivity index (χ2n) is 4.40. The van der Waals surface area contributed by atoms with Gasteiger partial charge in [-0.15, -0.1) is 0 Å². The zero-order valence-corrected chi connectivity index (χ0v) is 10.3. The largest absolute Gasteiger partial charge is 0.481 e. The summed E-state index contributed by atoms with van der Waals surface area (Å²) in [6, 6.07) is 8.06. The molecule has 1 atom stereocenters. The van der Waals surface area contributed by atoms with E-state index in [2.05, 4.69) is 0 Å². The Balaban J connectivity index is 2.46. The molecule has 2 aromatic rings. The fourth-order valence-electron chi connectivity index (χ4n) is 2.07. The minimum atomic E-state index is -1.11. The Bertz CT molecular complexity index is 603. The van der Waals surface area contributed by atoms with Crippen LogP contribution in [0.15, 0.2) is 42.5 Å². The molecule has 0 saturated carbocycles. The first kappa shape index (κ1) is 14.1. The second-order valence-corrected chi connectivity index (χ2v) is 4.40. The Morgan fingerprint density at radius 2 is 1.45 bits per heavy atom. The molecular formula is C15H11F3O2. The lowest BCUT2D eigenvalue weighted by atomic mass is 9.88. The first-order chi connectivity index (χ1) is 9.45. The third kappa shape index (κ3) is 3.38. The van der Waals surface area contributed by atoms with Crippen molar-refractivity contribution in [3.63, 3.8) is 0 Å². The highest BCUT2D eigenvalue weighted by atomic mass is 19.1. The fraction of sp³-hybridized carbons (Fsp3) is 0.133. The van der Waals surface area contributed by atoms with Crippen molar-refractivity contribution in [3.8, 4) is 0 Å². The predicted octanol–water partition coefficient (Wildman–Crippen LogP) is 3.71. The van der Waals surface area contributed by atoms with Gasteiger partial charge in [-0.1, -0.05) is 12.1 Å². The molecule has 104 valence electrons. The number of hydrogen-bond donors (Lipinski definition) is 1. The van der Waals surface area contributed by atoms with E-state index in [1.54, 1.807) is 0 Å². The van der Waals surface area contributed by atoms with E-state index >= 15 is 0 Å². The van der Waals surface area contributed by atoms with Crippen molar-refractivity contribution in [2.24, 2.45) is 0 Å². The van der Waals surface area contributed by atoms with E-state index in [0.717, 1.165) is 12.1 Å². The zero-order valence-electron chi connectivity index (χ0n) is 10.3. The lowest BCUT2D eigenvalue weighted by Crippen LogP contribution is -2.09. The highest BCUT2D eigenvalue weighted by Gasteiger charge is 2.19. The van der Waals surface area contributed by atoms with Crippen molar-refractivity contribution in [2.45, 2.75) is 12.3 Å². The van der Waals surface area contributed by atoms with Gasteiger partial charge in [0.15, 0.2) is 0 Å². The predicted molar refractivity (Wildman–Crippen MR) is 66.9 cm³/mol. The molecule has 0 unspecified atom stereocenters. The van der Waals surface area contributed by atoms with Crippen molar-refractivity contribution in [1.82, 2.24) is 0 Å². The Morgan fingerprint density at radius 3 is 1.95 bits per heavy atom. The summed E-state index contributed by atoms with van der Waals surface area (Å²) < 4.78 is 39.4. The van der Waals surface area contributed by atoms with Crippen molar-refractivity contribution in [3.05, 3.63) is 71.0 Å². The number of carboxylic acids is 1. The monoisotopic (exact) mass is 280 g/mol. The smallest absolute Gasteiger partial charge is 0.304 e. The standard InChI is InChI=1S/C15H11F3O2/c16-11-3-1-9(2-4-11)14(8-15(19)20)10-5-12(17)7-13(18)6-10/h1-7,14H,8H2,(H,19,20)/t14-/m1/s1. The van der Waals surface area contributed by atoms with E-state index in [9.17, 15) is 18.0 Å². The summed E-state index contributed by atoms with van der Waals surface area (Å²) in [5.74, 6) is -3.87. The Labute approximate surface area is 113 Å². The molecule has 20 heavy (non-hydrogen) atoms. The summed E-state index contributed by atoms with van der Waals surface area (Å²) >= 11 is 0. The van der Waals surface area contributed by atoms with Crippen LogP contribution in [-0.4, -0.2) is 11.1 Å². The summed E-state index contributed by atoms with van der Waals surface area (Å²) in [5, 5.41) is 8.94. The molecule has 5 heteroatoms. The second kappa shape index (κ2) is 5.77. The maximum Gasteiger partial charge on any atom is 0.304 e. The van der Waals surface area contributed by atoms with Gasteiger partial charge in [0.2, 0.25) is 0 Å². The van der Waals surface area contributed by atoms with Crippen LogP contribution in [0.25, 0.3) is 0 Å². The molecule has 0 radical (unpaired) electrons. The zero-order chi connectivity index (χ0) is 14.7. The minimum Gasteiger partial charge on any atom is -0.481 e. The lowest BCUT2D eigenvalue weighted by Gasteiger charge is -2.16. The van der Waals surface area contributed by atoms with E-state index in [1.165, 1.54) is 24.3 Å². The summed E-state index contributed by atoms with van der Waals surface area (Å²) in [7, 11) is 0. The van der Waals surface area contributed by atoms with Crippen LogP contribution in [0.4, 0.5) is 13.2 Å². The SMILES string of the molecule is O=C(O)C[C@H](c1ccc(F)cc1)c1cc(F)cc(F)c1. The van der Waals surface area contributed by atoms with Crippen LogP contribution >= 0.6 is 0 Å². The number of carbonyl (C=O) groups is 1. The average Bonchev–Trinajstić information content (AvgIpc) is 2.35. The molecular weight excluding hydrogens is 269 g/mol. The van der Waals surface area contributed by atoms with Gasteiger partial charge >= 0.3 is 5.97 Å². The van der Waals surface area contributed by atoms with E-state index < -0.39 is 29.3 Å². The highest BCUT2D eigenvalue weighted by molar-refractivity contribution is 5.69. The van der Waals surface area contributed by atoms with Gasteiger partial charge in [0, 0.05) is 12.0 Å². The molecule has 2 aromatic carbocycles. The number of aliphatic carboxylic acids is 1. The lowest BCUT2D eigenvalue weighted by molar-refractivity contribution is -0.137. The number of rotatable bonds is 4. The van der Waals surface area contributed by atoms with Gasteiger partial charge in [-0.05, 0) is 35.4 Å². The van der Waals surface area contributed by atoms with Gasteiger partial charge in [0.25, 0.3) is 0 Å². The Morgan fingerprint density at radius 1 is 0.900 bits per heavy atom. The molecule has 0 amide bonds. The first-order valence-corrected chi connectivity index (χ1v) is 5.89. The molecule has 1 N–H and O–H groups in total. The van der Waals surface area contributed by atoms with Gasteiger partial charge < -0.3 is 5.11 Å². The van der Waals surface area contributed by atoms with Crippen molar-refractivity contribution in [1.29, 1.82) is 0 Å². The van der Waals surface area contributed by atoms with Crippen LogP contribution in [-0.2, 0) is 4.79 Å². The molecule has 0 aliphatic rings. The molecule has 0 heterocycles. The van der Waals surface area contributed by atoms with Gasteiger partial charge in [-0.25, -0.2) is 13.2 Å². The molecule has 2 nitrogen and oxygen atoms in total. The first-order valence-electron chi connectivity index (χ1n) is 5.89.